The maximum absolute atomic E-state index is 13.5. The first kappa shape index (κ1) is 26.8. The molecule has 0 aliphatic rings. The number of aromatic nitrogens is 2. The summed E-state index contributed by atoms with van der Waals surface area (Å²) in [6.45, 7) is 2.59. The Labute approximate surface area is 221 Å². The molecule has 38 heavy (non-hydrogen) atoms. The largest absolute Gasteiger partial charge is 0.497 e. The molecule has 4 aromatic rings. The van der Waals surface area contributed by atoms with Gasteiger partial charge in [-0.05, 0) is 60.2 Å². The monoisotopic (exact) mass is 518 g/mol. The number of hydrogen-bond acceptors (Lipinski definition) is 7. The number of carbonyl (C=O) groups excluding carboxylic acids is 1. The van der Waals surface area contributed by atoms with E-state index in [4.69, 9.17) is 24.9 Å². The minimum atomic E-state index is -0.347. The van der Waals surface area contributed by atoms with Crippen LogP contribution in [0.1, 0.15) is 43.0 Å². The maximum atomic E-state index is 13.5. The molecular formula is C29H34N4O5. The van der Waals surface area contributed by atoms with Crippen molar-refractivity contribution >= 4 is 33.4 Å². The summed E-state index contributed by atoms with van der Waals surface area (Å²) in [4.78, 5) is 32.6. The Kier molecular flexibility index (Phi) is 8.35. The van der Waals surface area contributed by atoms with Crippen LogP contribution >= 0.6 is 0 Å². The van der Waals surface area contributed by atoms with Gasteiger partial charge in [-0.25, -0.2) is 4.98 Å². The second-order valence-electron chi connectivity index (χ2n) is 9.14. The van der Waals surface area contributed by atoms with E-state index < -0.39 is 0 Å². The molecule has 200 valence electrons. The predicted molar refractivity (Wildman–Crippen MR) is 150 cm³/mol. The lowest BCUT2D eigenvalue weighted by molar-refractivity contribution is -0.118. The van der Waals surface area contributed by atoms with E-state index in [1.54, 1.807) is 21.3 Å². The molecule has 2 heterocycles. The number of pyridine rings is 2. The Morgan fingerprint density at radius 3 is 2.42 bits per heavy atom. The first-order valence-electron chi connectivity index (χ1n) is 12.7. The number of hydrogen-bond donors (Lipinski definition) is 3. The molecule has 2 aromatic heterocycles. The standard InChI is InChI=1S/C29H34N4O5/c1-5-7-24-21-16-26(38-4)25(37-3)15-20(21)22(29(35)33-24)14-18-12-17-13-19(36-2)9-10-23(17)32-28(18)31-11-6-8-27(30)34/h9-10,12-13,15-16H,5-8,11,14H2,1-4H3,(H2,30,34)(H,31,32)(H,33,35). The summed E-state index contributed by atoms with van der Waals surface area (Å²) >= 11 is 0. The Balaban J connectivity index is 1.87. The van der Waals surface area contributed by atoms with Crippen molar-refractivity contribution in [3.05, 3.63) is 63.6 Å². The topological polar surface area (TPSA) is 129 Å². The van der Waals surface area contributed by atoms with E-state index in [9.17, 15) is 9.59 Å². The molecule has 0 bridgehead atoms. The van der Waals surface area contributed by atoms with Crippen molar-refractivity contribution in [3.63, 3.8) is 0 Å². The van der Waals surface area contributed by atoms with Gasteiger partial charge in [-0.3, -0.25) is 9.59 Å². The number of aromatic amines is 1. The fraction of sp³-hybridized carbons (Fsp3) is 0.345. The first-order valence-corrected chi connectivity index (χ1v) is 12.7. The van der Waals surface area contributed by atoms with Crippen LogP contribution < -0.4 is 30.8 Å². The van der Waals surface area contributed by atoms with Crippen molar-refractivity contribution < 1.29 is 19.0 Å². The van der Waals surface area contributed by atoms with Crippen LogP contribution in [-0.2, 0) is 17.6 Å². The summed E-state index contributed by atoms with van der Waals surface area (Å²) in [5, 5.41) is 5.96. The van der Waals surface area contributed by atoms with E-state index in [0.717, 1.165) is 51.5 Å². The van der Waals surface area contributed by atoms with E-state index >= 15 is 0 Å². The van der Waals surface area contributed by atoms with Gasteiger partial charge in [0.05, 0.1) is 26.8 Å². The zero-order chi connectivity index (χ0) is 27.2. The van der Waals surface area contributed by atoms with Crippen LogP contribution in [0, 0.1) is 0 Å². The molecular weight excluding hydrogens is 484 g/mol. The zero-order valence-corrected chi connectivity index (χ0v) is 22.3. The van der Waals surface area contributed by atoms with Crippen LogP contribution in [0.4, 0.5) is 5.82 Å². The van der Waals surface area contributed by atoms with Gasteiger partial charge in [0.1, 0.15) is 11.6 Å². The number of primary amides is 1. The van der Waals surface area contributed by atoms with Crippen molar-refractivity contribution in [3.8, 4) is 17.2 Å². The van der Waals surface area contributed by atoms with Crippen molar-refractivity contribution in [2.24, 2.45) is 5.73 Å². The summed E-state index contributed by atoms with van der Waals surface area (Å²) in [5.74, 6) is 2.18. The third-order valence-corrected chi connectivity index (χ3v) is 6.57. The highest BCUT2D eigenvalue weighted by molar-refractivity contribution is 5.91. The fourth-order valence-corrected chi connectivity index (χ4v) is 4.68. The molecule has 0 spiro atoms. The number of carbonyl (C=O) groups is 1. The molecule has 0 unspecified atom stereocenters. The summed E-state index contributed by atoms with van der Waals surface area (Å²) in [6.07, 6.45) is 2.79. The van der Waals surface area contributed by atoms with Crippen LogP contribution in [0.2, 0.25) is 0 Å². The summed E-state index contributed by atoms with van der Waals surface area (Å²) < 4.78 is 16.5. The van der Waals surface area contributed by atoms with Gasteiger partial charge in [-0.2, -0.15) is 0 Å². The van der Waals surface area contributed by atoms with Gasteiger partial charge in [-0.15, -0.1) is 0 Å². The number of ether oxygens (including phenoxy) is 3. The number of benzene rings is 2. The lowest BCUT2D eigenvalue weighted by atomic mass is 9.96. The molecule has 0 fully saturated rings. The predicted octanol–water partition coefficient (Wildman–Crippen LogP) is 4.32. The van der Waals surface area contributed by atoms with Gasteiger partial charge in [0.15, 0.2) is 11.5 Å². The second kappa shape index (κ2) is 11.9. The molecule has 0 aliphatic carbocycles. The molecule has 1 amide bonds. The number of amides is 1. The van der Waals surface area contributed by atoms with Crippen molar-refractivity contribution in [1.82, 2.24) is 9.97 Å². The van der Waals surface area contributed by atoms with E-state index in [2.05, 4.69) is 17.2 Å². The van der Waals surface area contributed by atoms with Gasteiger partial charge in [0, 0.05) is 41.4 Å². The number of aryl methyl sites for hydroxylation is 1. The number of nitrogens with zero attached hydrogens (tertiary/aromatic N) is 1. The number of H-pyrrole nitrogens is 1. The molecule has 0 atom stereocenters. The zero-order valence-electron chi connectivity index (χ0n) is 22.3. The van der Waals surface area contributed by atoms with Crippen LogP contribution in [0.25, 0.3) is 21.7 Å². The highest BCUT2D eigenvalue weighted by Crippen LogP contribution is 2.35. The Bertz CT molecular complexity index is 1530. The van der Waals surface area contributed by atoms with E-state index in [-0.39, 0.29) is 17.9 Å². The van der Waals surface area contributed by atoms with Gasteiger partial charge in [0.25, 0.3) is 5.56 Å². The number of fused-ring (bicyclic) bond motifs is 2. The van der Waals surface area contributed by atoms with E-state index in [0.29, 0.717) is 42.3 Å². The Morgan fingerprint density at radius 2 is 1.76 bits per heavy atom. The summed E-state index contributed by atoms with van der Waals surface area (Å²) in [5.41, 5.74) is 8.24. The molecule has 0 saturated heterocycles. The fourth-order valence-electron chi connectivity index (χ4n) is 4.68. The van der Waals surface area contributed by atoms with Gasteiger partial charge >= 0.3 is 0 Å². The highest BCUT2D eigenvalue weighted by atomic mass is 16.5. The summed E-state index contributed by atoms with van der Waals surface area (Å²) in [7, 11) is 4.80. The first-order chi connectivity index (χ1) is 18.4. The van der Waals surface area contributed by atoms with Crippen molar-refractivity contribution in [2.45, 2.75) is 39.0 Å². The van der Waals surface area contributed by atoms with Crippen molar-refractivity contribution in [2.75, 3.05) is 33.2 Å². The van der Waals surface area contributed by atoms with Crippen LogP contribution in [0.3, 0.4) is 0 Å². The third kappa shape index (κ3) is 5.66. The SMILES string of the molecule is CCCc1[nH]c(=O)c(Cc2cc3cc(OC)ccc3nc2NCCCC(N)=O)c2cc(OC)c(OC)cc12. The normalized spacial score (nSPS) is 11.1. The number of nitrogens with two attached hydrogens (primary N) is 1. The molecule has 4 N–H and O–H groups in total. The molecule has 0 radical (unpaired) electrons. The van der Waals surface area contributed by atoms with Gasteiger partial charge in [0.2, 0.25) is 5.91 Å². The molecule has 4 rings (SSSR count). The van der Waals surface area contributed by atoms with Gasteiger partial charge < -0.3 is 30.2 Å². The number of anilines is 1. The average molecular weight is 519 g/mol. The smallest absolute Gasteiger partial charge is 0.252 e. The minimum Gasteiger partial charge on any atom is -0.497 e. The van der Waals surface area contributed by atoms with Crippen LogP contribution in [0.5, 0.6) is 17.2 Å². The quantitative estimate of drug-likeness (QED) is 0.238. The van der Waals surface area contributed by atoms with Crippen molar-refractivity contribution in [1.29, 1.82) is 0 Å². The molecule has 0 aliphatic heterocycles. The summed E-state index contributed by atoms with van der Waals surface area (Å²) in [6, 6.07) is 11.5. The number of methoxy groups -OCH3 is 3. The molecule has 9 nitrogen and oxygen atoms in total. The lowest BCUT2D eigenvalue weighted by Crippen LogP contribution is -2.18. The van der Waals surface area contributed by atoms with E-state index in [1.165, 1.54) is 0 Å². The van der Waals surface area contributed by atoms with E-state index in [1.807, 2.05) is 36.4 Å². The maximum Gasteiger partial charge on any atom is 0.252 e. The number of nitrogens with one attached hydrogen (secondary N) is 2. The molecule has 9 heteroatoms. The highest BCUT2D eigenvalue weighted by Gasteiger charge is 2.18. The van der Waals surface area contributed by atoms with Gasteiger partial charge in [-0.1, -0.05) is 13.3 Å². The van der Waals surface area contributed by atoms with Crippen LogP contribution in [-0.4, -0.2) is 43.7 Å². The second-order valence-corrected chi connectivity index (χ2v) is 9.14. The lowest BCUT2D eigenvalue weighted by Gasteiger charge is -2.17. The Morgan fingerprint density at radius 1 is 1.03 bits per heavy atom. The Hall–Kier alpha value is -4.27. The number of rotatable bonds is 12. The third-order valence-electron chi connectivity index (χ3n) is 6.57. The molecule has 2 aromatic carbocycles. The molecule has 0 saturated carbocycles. The minimum absolute atomic E-state index is 0.154. The average Bonchev–Trinajstić information content (AvgIpc) is 2.92. The van der Waals surface area contributed by atoms with Crippen LogP contribution in [0.15, 0.2) is 41.2 Å².